The van der Waals surface area contributed by atoms with E-state index >= 15 is 0 Å². The van der Waals surface area contributed by atoms with Crippen molar-refractivity contribution in [2.45, 2.75) is 24.7 Å². The third kappa shape index (κ3) is 2.49. The van der Waals surface area contributed by atoms with Gasteiger partial charge >= 0.3 is 5.97 Å². The number of carboxylic acids is 1. The average Bonchev–Trinajstić information content (AvgIpc) is 3.53. The summed E-state index contributed by atoms with van der Waals surface area (Å²) in [6.07, 6.45) is 0.627. The second kappa shape index (κ2) is 6.92. The zero-order chi connectivity index (χ0) is 21.9. The minimum Gasteiger partial charge on any atom is -0.481 e. The highest BCUT2D eigenvalue weighted by molar-refractivity contribution is 5.80. The van der Waals surface area contributed by atoms with E-state index in [4.69, 9.17) is 18.9 Å². The topological polar surface area (TPSA) is 74.2 Å². The van der Waals surface area contributed by atoms with Gasteiger partial charge in [0, 0.05) is 11.3 Å². The Morgan fingerprint density at radius 2 is 1.56 bits per heavy atom. The molecule has 2 aliphatic heterocycles. The van der Waals surface area contributed by atoms with E-state index in [1.807, 2.05) is 54.6 Å². The lowest BCUT2D eigenvalue weighted by Gasteiger charge is -2.36. The van der Waals surface area contributed by atoms with Crippen LogP contribution in [-0.4, -0.2) is 24.7 Å². The smallest absolute Gasteiger partial charge is 0.308 e. The fourth-order valence-electron chi connectivity index (χ4n) is 5.76. The molecule has 0 spiro atoms. The lowest BCUT2D eigenvalue weighted by atomic mass is 9.65. The maximum atomic E-state index is 13.0. The second-order valence-electron chi connectivity index (χ2n) is 8.39. The minimum absolute atomic E-state index is 0.177. The van der Waals surface area contributed by atoms with Crippen LogP contribution in [-0.2, 0) is 10.2 Å². The lowest BCUT2D eigenvalue weighted by Crippen LogP contribution is -2.39. The van der Waals surface area contributed by atoms with Gasteiger partial charge in [0.05, 0.1) is 5.92 Å². The SMILES string of the molecule is CCC1(c2ccc3c(c2)OCO3)c2ccccc2C(c2ccc3c(c2)OCO3)C1C(=O)O. The van der Waals surface area contributed by atoms with Gasteiger partial charge in [-0.1, -0.05) is 43.3 Å². The van der Waals surface area contributed by atoms with Crippen LogP contribution in [0.3, 0.4) is 0 Å². The van der Waals surface area contributed by atoms with Crippen molar-refractivity contribution in [1.29, 1.82) is 0 Å². The molecule has 0 bridgehead atoms. The van der Waals surface area contributed by atoms with E-state index in [0.29, 0.717) is 29.4 Å². The van der Waals surface area contributed by atoms with Crippen LogP contribution in [0.15, 0.2) is 60.7 Å². The summed E-state index contributed by atoms with van der Waals surface area (Å²) in [5, 5.41) is 10.6. The lowest BCUT2D eigenvalue weighted by molar-refractivity contribution is -0.144. The van der Waals surface area contributed by atoms with E-state index in [0.717, 1.165) is 22.3 Å². The number of aliphatic carboxylic acids is 1. The minimum atomic E-state index is -0.830. The van der Waals surface area contributed by atoms with Gasteiger partial charge in [0.1, 0.15) is 0 Å². The van der Waals surface area contributed by atoms with Crippen molar-refractivity contribution < 1.29 is 28.8 Å². The van der Waals surface area contributed by atoms with Crippen molar-refractivity contribution in [2.24, 2.45) is 5.92 Å². The molecule has 0 saturated carbocycles. The van der Waals surface area contributed by atoms with Crippen LogP contribution in [0.25, 0.3) is 0 Å². The Kier molecular flexibility index (Phi) is 4.12. The molecule has 6 heteroatoms. The molecule has 0 fully saturated rings. The van der Waals surface area contributed by atoms with Gasteiger partial charge in [-0.3, -0.25) is 4.79 Å². The van der Waals surface area contributed by atoms with Crippen LogP contribution in [0.5, 0.6) is 23.0 Å². The van der Waals surface area contributed by atoms with Gasteiger partial charge in [0.25, 0.3) is 0 Å². The van der Waals surface area contributed by atoms with Crippen LogP contribution >= 0.6 is 0 Å². The molecule has 32 heavy (non-hydrogen) atoms. The number of carboxylic acid groups (broad SMARTS) is 1. The van der Waals surface area contributed by atoms with Crippen LogP contribution < -0.4 is 18.9 Å². The number of ether oxygens (including phenoxy) is 4. The van der Waals surface area contributed by atoms with Crippen molar-refractivity contribution in [3.8, 4) is 23.0 Å². The molecule has 3 aliphatic rings. The van der Waals surface area contributed by atoms with E-state index in [2.05, 4.69) is 13.0 Å². The molecule has 6 nitrogen and oxygen atoms in total. The molecule has 6 rings (SSSR count). The molecule has 2 heterocycles. The number of hydrogen-bond acceptors (Lipinski definition) is 5. The Bertz CT molecular complexity index is 1230. The molecule has 3 aromatic rings. The van der Waals surface area contributed by atoms with E-state index in [9.17, 15) is 9.90 Å². The maximum Gasteiger partial charge on any atom is 0.308 e. The fraction of sp³-hybridized carbons (Fsp3) is 0.269. The van der Waals surface area contributed by atoms with Crippen LogP contribution in [0.2, 0.25) is 0 Å². The van der Waals surface area contributed by atoms with Crippen molar-refractivity contribution in [1.82, 2.24) is 0 Å². The third-order valence-electron chi connectivity index (χ3n) is 7.11. The third-order valence-corrected chi connectivity index (χ3v) is 7.11. The van der Waals surface area contributed by atoms with Gasteiger partial charge in [0.15, 0.2) is 23.0 Å². The van der Waals surface area contributed by atoms with Gasteiger partial charge in [-0.15, -0.1) is 0 Å². The Hall–Kier alpha value is -3.67. The number of rotatable bonds is 4. The summed E-state index contributed by atoms with van der Waals surface area (Å²) in [7, 11) is 0. The number of benzene rings is 3. The number of carbonyl (C=O) groups is 1. The molecule has 3 atom stereocenters. The highest BCUT2D eigenvalue weighted by atomic mass is 16.7. The summed E-state index contributed by atoms with van der Waals surface area (Å²) < 4.78 is 22.2. The van der Waals surface area contributed by atoms with Crippen LogP contribution in [0.4, 0.5) is 0 Å². The van der Waals surface area contributed by atoms with Gasteiger partial charge in [-0.05, 0) is 52.9 Å². The van der Waals surface area contributed by atoms with Crippen LogP contribution in [0, 0.1) is 5.92 Å². The Labute approximate surface area is 185 Å². The molecule has 3 aromatic carbocycles. The van der Waals surface area contributed by atoms with Crippen molar-refractivity contribution in [3.05, 3.63) is 82.9 Å². The first-order valence-electron chi connectivity index (χ1n) is 10.8. The molecule has 3 unspecified atom stereocenters. The summed E-state index contributed by atoms with van der Waals surface area (Å²) in [6.45, 7) is 2.41. The highest BCUT2D eigenvalue weighted by Crippen LogP contribution is 2.59. The molecule has 0 saturated heterocycles. The Morgan fingerprint density at radius 1 is 0.906 bits per heavy atom. The molecule has 1 aliphatic carbocycles. The normalized spacial score (nSPS) is 24.4. The van der Waals surface area contributed by atoms with Gasteiger partial charge in [0.2, 0.25) is 13.6 Å². The monoisotopic (exact) mass is 430 g/mol. The zero-order valence-corrected chi connectivity index (χ0v) is 17.5. The highest BCUT2D eigenvalue weighted by Gasteiger charge is 2.56. The van der Waals surface area contributed by atoms with Crippen molar-refractivity contribution in [2.75, 3.05) is 13.6 Å². The summed E-state index contributed by atoms with van der Waals surface area (Å²) >= 11 is 0. The van der Waals surface area contributed by atoms with Gasteiger partial charge in [-0.2, -0.15) is 0 Å². The van der Waals surface area contributed by atoms with E-state index in [1.165, 1.54) is 0 Å². The first kappa shape index (κ1) is 19.0. The average molecular weight is 430 g/mol. The van der Waals surface area contributed by atoms with Crippen LogP contribution in [0.1, 0.15) is 41.5 Å². The number of hydrogen-bond donors (Lipinski definition) is 1. The van der Waals surface area contributed by atoms with E-state index in [1.54, 1.807) is 0 Å². The predicted octanol–water partition coefficient (Wildman–Crippen LogP) is 4.69. The summed E-state index contributed by atoms with van der Waals surface area (Å²) in [4.78, 5) is 13.0. The van der Waals surface area contributed by atoms with E-state index in [-0.39, 0.29) is 19.5 Å². The first-order chi connectivity index (χ1) is 15.6. The summed E-state index contributed by atoms with van der Waals surface area (Å²) in [5.41, 5.74) is 3.18. The maximum absolute atomic E-state index is 13.0. The van der Waals surface area contributed by atoms with Gasteiger partial charge in [-0.25, -0.2) is 0 Å². The van der Waals surface area contributed by atoms with Crippen molar-refractivity contribution in [3.63, 3.8) is 0 Å². The molecule has 162 valence electrons. The fourth-order valence-corrected chi connectivity index (χ4v) is 5.76. The quantitative estimate of drug-likeness (QED) is 0.648. The predicted molar refractivity (Wildman–Crippen MR) is 116 cm³/mol. The first-order valence-corrected chi connectivity index (χ1v) is 10.8. The zero-order valence-electron chi connectivity index (χ0n) is 17.5. The number of fused-ring (bicyclic) bond motifs is 3. The van der Waals surface area contributed by atoms with Gasteiger partial charge < -0.3 is 24.1 Å². The summed E-state index contributed by atoms with van der Waals surface area (Å²) in [6, 6.07) is 19.6. The molecule has 0 aromatic heterocycles. The van der Waals surface area contributed by atoms with Crippen molar-refractivity contribution >= 4 is 5.97 Å². The summed E-state index contributed by atoms with van der Waals surface area (Å²) in [5.74, 6) is 0.817. The molecular weight excluding hydrogens is 408 g/mol. The van der Waals surface area contributed by atoms with E-state index < -0.39 is 17.3 Å². The molecular formula is C26H22O6. The standard InChI is InChI=1S/C26H22O6/c1-2-26(16-8-10-20-22(12-16)32-14-30-20)18-6-4-3-5-17(18)23(24(26)25(27)28)15-7-9-19-21(11-15)31-13-29-19/h3-12,23-24H,2,13-14H2,1H3,(H,27,28). The molecule has 0 amide bonds. The second-order valence-corrected chi connectivity index (χ2v) is 8.39. The Balaban J connectivity index is 1.59. The molecule has 1 N–H and O–H groups in total. The molecule has 0 radical (unpaired) electrons. The largest absolute Gasteiger partial charge is 0.481 e. The Morgan fingerprint density at radius 3 is 2.28 bits per heavy atom.